The fourth-order valence-corrected chi connectivity index (χ4v) is 1.78. The average molecular weight is 304 g/mol. The van der Waals surface area contributed by atoms with Crippen LogP contribution in [-0.4, -0.2) is 28.5 Å². The maximum Gasteiger partial charge on any atom is 0.418 e. The summed E-state index contributed by atoms with van der Waals surface area (Å²) >= 11 is 0. The normalized spacial score (nSPS) is 12.8. The molecule has 1 unspecified atom stereocenters. The zero-order chi connectivity index (χ0) is 16.0. The van der Waals surface area contributed by atoms with E-state index in [4.69, 9.17) is 5.11 Å². The zero-order valence-corrected chi connectivity index (χ0v) is 11.3. The molecule has 0 aliphatic heterocycles. The summed E-state index contributed by atoms with van der Waals surface area (Å²) in [5.74, 6) is -2.98. The minimum Gasteiger partial charge on any atom is -0.481 e. The lowest BCUT2D eigenvalue weighted by Crippen LogP contribution is -2.34. The summed E-state index contributed by atoms with van der Waals surface area (Å²) in [5, 5.41) is 11.1. The number of carbonyl (C=O) groups excluding carboxylic acids is 1. The highest BCUT2D eigenvalue weighted by Gasteiger charge is 2.36. The van der Waals surface area contributed by atoms with Crippen molar-refractivity contribution < 1.29 is 27.9 Å². The van der Waals surface area contributed by atoms with Crippen LogP contribution >= 0.6 is 0 Å². The number of nitrogens with zero attached hydrogens (tertiary/aromatic N) is 1. The van der Waals surface area contributed by atoms with Gasteiger partial charge in [-0.2, -0.15) is 13.2 Å². The van der Waals surface area contributed by atoms with E-state index < -0.39 is 35.2 Å². The molecule has 1 aromatic heterocycles. The highest BCUT2D eigenvalue weighted by atomic mass is 19.4. The van der Waals surface area contributed by atoms with Gasteiger partial charge in [-0.25, -0.2) is 0 Å². The molecule has 2 N–H and O–H groups in total. The van der Waals surface area contributed by atoms with Crippen molar-refractivity contribution in [3.63, 3.8) is 0 Å². The van der Waals surface area contributed by atoms with Gasteiger partial charge in [-0.3, -0.25) is 14.6 Å². The molecule has 0 aromatic carbocycles. The van der Waals surface area contributed by atoms with Crippen LogP contribution in [0.25, 0.3) is 0 Å². The number of pyridine rings is 1. The monoisotopic (exact) mass is 304 g/mol. The first-order valence-electron chi connectivity index (χ1n) is 6.30. The van der Waals surface area contributed by atoms with Crippen molar-refractivity contribution in [1.82, 2.24) is 10.3 Å². The molecule has 0 fully saturated rings. The number of nitrogens with one attached hydrogen (secondary N) is 1. The third-order valence-corrected chi connectivity index (χ3v) is 2.82. The molecule has 8 heteroatoms. The highest BCUT2D eigenvalue weighted by molar-refractivity contribution is 5.94. The van der Waals surface area contributed by atoms with Gasteiger partial charge in [0.1, 0.15) is 5.69 Å². The molecule has 0 aliphatic carbocycles. The zero-order valence-electron chi connectivity index (χ0n) is 11.3. The van der Waals surface area contributed by atoms with E-state index in [0.29, 0.717) is 12.8 Å². The van der Waals surface area contributed by atoms with Crippen LogP contribution in [0.2, 0.25) is 0 Å². The largest absolute Gasteiger partial charge is 0.481 e. The summed E-state index contributed by atoms with van der Waals surface area (Å²) < 4.78 is 38.2. The standard InChI is InChI=1S/C13H15F3N2O3/c1-2-4-8(12(20)21)7-18-11(19)10-9(13(14,15)16)5-3-6-17-10/h3,5-6,8H,2,4,7H2,1H3,(H,18,19)(H,20,21). The van der Waals surface area contributed by atoms with Crippen LogP contribution in [0.15, 0.2) is 18.3 Å². The van der Waals surface area contributed by atoms with Crippen LogP contribution in [0.4, 0.5) is 13.2 Å². The van der Waals surface area contributed by atoms with E-state index >= 15 is 0 Å². The Morgan fingerprint density at radius 3 is 2.62 bits per heavy atom. The number of hydrogen-bond acceptors (Lipinski definition) is 3. The summed E-state index contributed by atoms with van der Waals surface area (Å²) in [6.45, 7) is 1.54. The van der Waals surface area contributed by atoms with Gasteiger partial charge in [0.25, 0.3) is 5.91 Å². The number of alkyl halides is 3. The second-order valence-electron chi connectivity index (χ2n) is 4.43. The first kappa shape index (κ1) is 16.9. The van der Waals surface area contributed by atoms with E-state index in [-0.39, 0.29) is 6.54 Å². The summed E-state index contributed by atoms with van der Waals surface area (Å²) in [6, 6.07) is 1.83. The topological polar surface area (TPSA) is 79.3 Å². The molecule has 1 atom stereocenters. The average Bonchev–Trinajstić information content (AvgIpc) is 2.41. The maximum absolute atomic E-state index is 12.7. The fourth-order valence-electron chi connectivity index (χ4n) is 1.78. The summed E-state index contributed by atoms with van der Waals surface area (Å²) in [7, 11) is 0. The SMILES string of the molecule is CCCC(CNC(=O)c1ncccc1C(F)(F)F)C(=O)O. The number of carbonyl (C=O) groups is 2. The van der Waals surface area contributed by atoms with Crippen LogP contribution in [0.3, 0.4) is 0 Å². The van der Waals surface area contributed by atoms with Crippen LogP contribution in [0.5, 0.6) is 0 Å². The van der Waals surface area contributed by atoms with E-state index in [2.05, 4.69) is 10.3 Å². The predicted octanol–water partition coefficient (Wildman–Crippen LogP) is 2.33. The van der Waals surface area contributed by atoms with Crippen molar-refractivity contribution in [2.24, 2.45) is 5.92 Å². The number of carboxylic acids is 1. The number of amides is 1. The van der Waals surface area contributed by atoms with Gasteiger partial charge in [-0.05, 0) is 18.6 Å². The van der Waals surface area contributed by atoms with Gasteiger partial charge in [-0.15, -0.1) is 0 Å². The Balaban J connectivity index is 2.83. The quantitative estimate of drug-likeness (QED) is 0.845. The number of halogens is 3. The second-order valence-corrected chi connectivity index (χ2v) is 4.43. The first-order chi connectivity index (χ1) is 9.77. The molecule has 1 amide bonds. The molecule has 0 bridgehead atoms. The molecule has 1 rings (SSSR count). The molecule has 5 nitrogen and oxygen atoms in total. The third-order valence-electron chi connectivity index (χ3n) is 2.82. The summed E-state index contributed by atoms with van der Waals surface area (Å²) in [4.78, 5) is 26.1. The molecular formula is C13H15F3N2O3. The van der Waals surface area contributed by atoms with Crippen LogP contribution in [-0.2, 0) is 11.0 Å². The Morgan fingerprint density at radius 2 is 2.10 bits per heavy atom. The van der Waals surface area contributed by atoms with Crippen LogP contribution < -0.4 is 5.32 Å². The van der Waals surface area contributed by atoms with E-state index in [0.717, 1.165) is 18.3 Å². The Hall–Kier alpha value is -2.12. The van der Waals surface area contributed by atoms with Crippen LogP contribution in [0, 0.1) is 5.92 Å². The van der Waals surface area contributed by atoms with E-state index in [1.165, 1.54) is 0 Å². The Morgan fingerprint density at radius 1 is 1.43 bits per heavy atom. The van der Waals surface area contributed by atoms with E-state index in [1.54, 1.807) is 6.92 Å². The maximum atomic E-state index is 12.7. The molecule has 1 aromatic rings. The molecule has 21 heavy (non-hydrogen) atoms. The number of aromatic nitrogens is 1. The first-order valence-corrected chi connectivity index (χ1v) is 6.30. The molecule has 0 radical (unpaired) electrons. The smallest absolute Gasteiger partial charge is 0.418 e. The molecule has 0 saturated heterocycles. The molecule has 116 valence electrons. The lowest BCUT2D eigenvalue weighted by atomic mass is 10.0. The van der Waals surface area contributed by atoms with Crippen molar-refractivity contribution >= 4 is 11.9 Å². The number of rotatable bonds is 6. The minimum absolute atomic E-state index is 0.240. The van der Waals surface area contributed by atoms with Gasteiger partial charge in [0, 0.05) is 12.7 Å². The second kappa shape index (κ2) is 7.05. The molecule has 0 aliphatic rings. The molecule has 1 heterocycles. The molecule has 0 spiro atoms. The van der Waals surface area contributed by atoms with Gasteiger partial charge < -0.3 is 10.4 Å². The molecular weight excluding hydrogens is 289 g/mol. The van der Waals surface area contributed by atoms with Gasteiger partial charge in [-0.1, -0.05) is 13.3 Å². The predicted molar refractivity (Wildman–Crippen MR) is 67.6 cm³/mol. The fraction of sp³-hybridized carbons (Fsp3) is 0.462. The van der Waals surface area contributed by atoms with Gasteiger partial charge in [0.2, 0.25) is 0 Å². The van der Waals surface area contributed by atoms with Gasteiger partial charge >= 0.3 is 12.1 Å². The Bertz CT molecular complexity index is 518. The van der Waals surface area contributed by atoms with Crippen molar-refractivity contribution in [2.45, 2.75) is 25.9 Å². The Kier molecular flexibility index (Phi) is 5.69. The Labute approximate surface area is 119 Å². The van der Waals surface area contributed by atoms with Crippen molar-refractivity contribution in [2.75, 3.05) is 6.54 Å². The van der Waals surface area contributed by atoms with Crippen molar-refractivity contribution in [3.05, 3.63) is 29.6 Å². The van der Waals surface area contributed by atoms with Crippen LogP contribution in [0.1, 0.15) is 35.8 Å². The number of hydrogen-bond donors (Lipinski definition) is 2. The summed E-state index contributed by atoms with van der Waals surface area (Å²) in [6.07, 6.45) is -2.71. The third kappa shape index (κ3) is 4.73. The van der Waals surface area contributed by atoms with E-state index in [1.807, 2.05) is 0 Å². The lowest BCUT2D eigenvalue weighted by Gasteiger charge is -2.14. The van der Waals surface area contributed by atoms with Gasteiger partial charge in [0.15, 0.2) is 0 Å². The molecule has 0 saturated carbocycles. The number of carboxylic acid groups (broad SMARTS) is 1. The van der Waals surface area contributed by atoms with Gasteiger partial charge in [0.05, 0.1) is 11.5 Å². The van der Waals surface area contributed by atoms with Crippen molar-refractivity contribution in [3.8, 4) is 0 Å². The van der Waals surface area contributed by atoms with E-state index in [9.17, 15) is 22.8 Å². The number of aliphatic carboxylic acids is 1. The highest BCUT2D eigenvalue weighted by Crippen LogP contribution is 2.30. The summed E-state index contributed by atoms with van der Waals surface area (Å²) in [5.41, 5.74) is -1.91. The van der Waals surface area contributed by atoms with Crippen molar-refractivity contribution in [1.29, 1.82) is 0 Å². The lowest BCUT2D eigenvalue weighted by molar-refractivity contribution is -0.142. The minimum atomic E-state index is -4.70.